The Morgan fingerprint density at radius 1 is 1.37 bits per heavy atom. The summed E-state index contributed by atoms with van der Waals surface area (Å²) in [5.74, 6) is 1.46. The second-order valence-corrected chi connectivity index (χ2v) is 4.40. The zero-order valence-electron chi connectivity index (χ0n) is 10.4. The molecule has 0 aliphatic rings. The van der Waals surface area contributed by atoms with Gasteiger partial charge < -0.3 is 20.6 Å². The van der Waals surface area contributed by atoms with Crippen molar-refractivity contribution in [2.75, 3.05) is 25.4 Å². The minimum Gasteiger partial charge on any atom is -0.493 e. The fourth-order valence-electron chi connectivity index (χ4n) is 1.59. The third-order valence-electron chi connectivity index (χ3n) is 2.49. The summed E-state index contributed by atoms with van der Waals surface area (Å²) >= 11 is 3.47. The molecular formula is C10H13BrN6O2. The smallest absolute Gasteiger partial charge is 0.260 e. The van der Waals surface area contributed by atoms with Crippen molar-refractivity contribution in [3.63, 3.8) is 0 Å². The molecule has 1 heterocycles. The molecule has 3 N–H and O–H groups in total. The topological polar surface area (TPSA) is 100 Å². The molecule has 8 nitrogen and oxygen atoms in total. The van der Waals surface area contributed by atoms with Crippen molar-refractivity contribution in [2.24, 2.45) is 0 Å². The van der Waals surface area contributed by atoms with E-state index in [1.165, 1.54) is 4.79 Å². The molecule has 0 fully saturated rings. The van der Waals surface area contributed by atoms with Gasteiger partial charge in [0.15, 0.2) is 11.5 Å². The summed E-state index contributed by atoms with van der Waals surface area (Å²) in [5.41, 5.74) is 9.40. The molecule has 0 saturated heterocycles. The number of anilines is 1. The molecule has 1 aromatic carbocycles. The van der Waals surface area contributed by atoms with Crippen LogP contribution < -0.4 is 20.6 Å². The highest BCUT2D eigenvalue weighted by Crippen LogP contribution is 2.35. The molecule has 0 amide bonds. The number of rotatable bonds is 5. The van der Waals surface area contributed by atoms with Crippen molar-refractivity contribution in [1.82, 2.24) is 20.3 Å². The van der Waals surface area contributed by atoms with Crippen molar-refractivity contribution in [3.8, 4) is 11.5 Å². The van der Waals surface area contributed by atoms with Crippen LogP contribution in [0.2, 0.25) is 0 Å². The van der Waals surface area contributed by atoms with E-state index in [1.807, 2.05) is 12.1 Å². The van der Waals surface area contributed by atoms with Gasteiger partial charge in [-0.2, -0.15) is 0 Å². The molecule has 1 aromatic heterocycles. The van der Waals surface area contributed by atoms with Gasteiger partial charge in [-0.15, -0.1) is 4.79 Å². The number of methoxy groups -OCH3 is 2. The fourth-order valence-corrected chi connectivity index (χ4v) is 2.04. The zero-order chi connectivity index (χ0) is 13.8. The van der Waals surface area contributed by atoms with Gasteiger partial charge >= 0.3 is 0 Å². The van der Waals surface area contributed by atoms with E-state index in [4.69, 9.17) is 15.2 Å². The third-order valence-corrected chi connectivity index (χ3v) is 3.23. The molecule has 2 aromatic rings. The van der Waals surface area contributed by atoms with Crippen molar-refractivity contribution >= 4 is 21.9 Å². The lowest BCUT2D eigenvalue weighted by Crippen LogP contribution is -2.19. The van der Waals surface area contributed by atoms with Gasteiger partial charge in [0.25, 0.3) is 5.95 Å². The summed E-state index contributed by atoms with van der Waals surface area (Å²) in [5, 5.41) is 10.7. The number of nitrogens with one attached hydrogen (secondary N) is 1. The molecule has 0 spiro atoms. The van der Waals surface area contributed by atoms with Crippen LogP contribution in [0.4, 0.5) is 5.95 Å². The lowest BCUT2D eigenvalue weighted by molar-refractivity contribution is 0.351. The first-order valence-electron chi connectivity index (χ1n) is 5.34. The minimum absolute atomic E-state index is 0.179. The zero-order valence-corrected chi connectivity index (χ0v) is 12.0. The summed E-state index contributed by atoms with van der Waals surface area (Å²) in [6, 6.07) is 3.69. The number of aromatic nitrogens is 4. The fraction of sp³-hybridized carbons (Fsp3) is 0.300. The van der Waals surface area contributed by atoms with Gasteiger partial charge in [-0.25, -0.2) is 0 Å². The van der Waals surface area contributed by atoms with Gasteiger partial charge in [-0.1, -0.05) is 21.0 Å². The Morgan fingerprint density at radius 3 is 2.74 bits per heavy atom. The highest BCUT2D eigenvalue weighted by molar-refractivity contribution is 9.10. The Labute approximate surface area is 118 Å². The van der Waals surface area contributed by atoms with Crippen LogP contribution in [0.15, 0.2) is 16.6 Å². The van der Waals surface area contributed by atoms with Gasteiger partial charge in [0.2, 0.25) is 0 Å². The number of nitrogens with zero attached hydrogens (tertiary/aromatic N) is 4. The first kappa shape index (κ1) is 13.4. The predicted molar refractivity (Wildman–Crippen MR) is 72.5 cm³/mol. The van der Waals surface area contributed by atoms with E-state index in [-0.39, 0.29) is 5.95 Å². The maximum atomic E-state index is 5.57. The number of halogens is 1. The molecular weight excluding hydrogens is 316 g/mol. The average Bonchev–Trinajstić information content (AvgIpc) is 2.82. The molecule has 0 bridgehead atoms. The van der Waals surface area contributed by atoms with Crippen LogP contribution in [0.3, 0.4) is 0 Å². The Morgan fingerprint density at radius 2 is 2.16 bits per heavy atom. The van der Waals surface area contributed by atoms with Crippen molar-refractivity contribution in [3.05, 3.63) is 22.2 Å². The lowest BCUT2D eigenvalue weighted by atomic mass is 10.2. The number of tetrazole rings is 1. The van der Waals surface area contributed by atoms with Gasteiger partial charge in [0.1, 0.15) is 0 Å². The summed E-state index contributed by atoms with van der Waals surface area (Å²) in [6.45, 7) is 0.413. The number of hydrogen-bond donors (Lipinski definition) is 2. The summed E-state index contributed by atoms with van der Waals surface area (Å²) in [4.78, 5) is 1.28. The van der Waals surface area contributed by atoms with E-state index in [0.29, 0.717) is 18.0 Å². The Bertz CT molecular complexity index is 573. The monoisotopic (exact) mass is 328 g/mol. The number of nitrogens with two attached hydrogens (primary N) is 1. The second-order valence-electron chi connectivity index (χ2n) is 3.55. The van der Waals surface area contributed by atoms with E-state index < -0.39 is 0 Å². The van der Waals surface area contributed by atoms with E-state index in [0.717, 1.165) is 10.0 Å². The van der Waals surface area contributed by atoms with E-state index in [2.05, 4.69) is 36.9 Å². The van der Waals surface area contributed by atoms with Gasteiger partial charge in [-0.3, -0.25) is 0 Å². The van der Waals surface area contributed by atoms with Crippen molar-refractivity contribution in [2.45, 2.75) is 6.54 Å². The lowest BCUT2D eigenvalue weighted by Gasteiger charge is -2.15. The highest BCUT2D eigenvalue weighted by Gasteiger charge is 2.14. The third kappa shape index (κ3) is 2.70. The Kier molecular flexibility index (Phi) is 4.05. The van der Waals surface area contributed by atoms with Crippen LogP contribution >= 0.6 is 15.9 Å². The quantitative estimate of drug-likeness (QED) is 0.836. The van der Waals surface area contributed by atoms with Gasteiger partial charge in [0, 0.05) is 10.0 Å². The molecule has 0 aliphatic carbocycles. The van der Waals surface area contributed by atoms with Crippen LogP contribution in [0.1, 0.15) is 5.56 Å². The molecule has 0 atom stereocenters. The van der Waals surface area contributed by atoms with Crippen LogP contribution in [-0.2, 0) is 6.54 Å². The van der Waals surface area contributed by atoms with Crippen LogP contribution in [0.25, 0.3) is 0 Å². The maximum absolute atomic E-state index is 5.57. The molecule has 102 valence electrons. The van der Waals surface area contributed by atoms with Crippen molar-refractivity contribution < 1.29 is 9.47 Å². The Balaban J connectivity index is 2.26. The molecule has 19 heavy (non-hydrogen) atoms. The molecule has 0 aliphatic heterocycles. The molecule has 9 heteroatoms. The van der Waals surface area contributed by atoms with Crippen LogP contribution in [-0.4, -0.2) is 34.5 Å². The minimum atomic E-state index is 0.179. The SMILES string of the molecule is COc1ccc(Br)c(CNn2nnnc2N)c1OC. The maximum Gasteiger partial charge on any atom is 0.260 e. The normalized spacial score (nSPS) is 10.3. The number of benzene rings is 1. The number of ether oxygens (including phenoxy) is 2. The molecule has 0 radical (unpaired) electrons. The van der Waals surface area contributed by atoms with Crippen LogP contribution in [0, 0.1) is 0 Å². The summed E-state index contributed by atoms with van der Waals surface area (Å²) < 4.78 is 11.5. The largest absolute Gasteiger partial charge is 0.493 e. The van der Waals surface area contributed by atoms with Crippen molar-refractivity contribution in [1.29, 1.82) is 0 Å². The Hall–Kier alpha value is -2.03. The van der Waals surface area contributed by atoms with E-state index in [9.17, 15) is 0 Å². The van der Waals surface area contributed by atoms with Crippen LogP contribution in [0.5, 0.6) is 11.5 Å². The predicted octanol–water partition coefficient (Wildman–Crippen LogP) is 0.779. The molecule has 0 unspecified atom stereocenters. The van der Waals surface area contributed by atoms with E-state index in [1.54, 1.807) is 14.2 Å². The highest BCUT2D eigenvalue weighted by atomic mass is 79.9. The second kappa shape index (κ2) is 5.74. The number of hydrogen-bond acceptors (Lipinski definition) is 7. The molecule has 0 saturated carbocycles. The van der Waals surface area contributed by atoms with Gasteiger partial charge in [0.05, 0.1) is 20.8 Å². The summed E-state index contributed by atoms with van der Waals surface area (Å²) in [6.07, 6.45) is 0. The summed E-state index contributed by atoms with van der Waals surface area (Å²) in [7, 11) is 3.17. The average molecular weight is 329 g/mol. The molecule has 2 rings (SSSR count). The number of nitrogen functional groups attached to an aromatic ring is 1. The van der Waals surface area contributed by atoms with Gasteiger partial charge in [-0.05, 0) is 22.6 Å². The first-order chi connectivity index (χ1) is 9.17. The standard InChI is InChI=1S/C10H13BrN6O2/c1-18-8-4-3-7(11)6(9(8)19-2)5-13-17-10(12)14-15-16-17/h3-4,13H,5H2,1-2H3,(H2,12,14,16). The first-order valence-corrected chi connectivity index (χ1v) is 6.13. The van der Waals surface area contributed by atoms with E-state index >= 15 is 0 Å².